The molecule has 3 nitrogen and oxygen atoms in total. The van der Waals surface area contributed by atoms with Crippen LogP contribution in [0.5, 0.6) is 0 Å². The number of carbonyl (C=O) groups excluding carboxylic acids is 1. The fraction of sp³-hybridized carbons (Fsp3) is 0.545. The predicted octanol–water partition coefficient (Wildman–Crippen LogP) is 3.21. The average Bonchev–Trinajstić information content (AvgIpc) is 2.73. The Morgan fingerprint density at radius 3 is 2.81 bits per heavy atom. The quantitative estimate of drug-likeness (QED) is 0.894. The predicted molar refractivity (Wildman–Crippen MR) is 69.7 cm³/mol. The van der Waals surface area contributed by atoms with Crippen molar-refractivity contribution in [2.24, 2.45) is 0 Å². The van der Waals surface area contributed by atoms with Crippen LogP contribution in [0.25, 0.3) is 0 Å². The molecule has 1 fully saturated rings. The van der Waals surface area contributed by atoms with Crippen LogP contribution in [0.1, 0.15) is 24.1 Å². The lowest BCUT2D eigenvalue weighted by atomic mass is 10.1. The minimum atomic E-state index is 0.0734. The van der Waals surface area contributed by atoms with E-state index >= 15 is 0 Å². The van der Waals surface area contributed by atoms with Crippen LogP contribution in [0.4, 0.5) is 4.79 Å². The highest BCUT2D eigenvalue weighted by molar-refractivity contribution is 9.10. The van der Waals surface area contributed by atoms with Gasteiger partial charge in [-0.3, -0.25) is 0 Å². The number of urea groups is 1. The molecule has 0 atom stereocenters. The maximum atomic E-state index is 11.8. The second-order valence-corrected chi connectivity index (χ2v) is 5.85. The van der Waals surface area contributed by atoms with E-state index in [2.05, 4.69) is 21.2 Å². The number of hydrogen-bond acceptors (Lipinski definition) is 2. The first-order chi connectivity index (χ1) is 7.75. The van der Waals surface area contributed by atoms with E-state index in [1.807, 2.05) is 16.3 Å². The summed E-state index contributed by atoms with van der Waals surface area (Å²) in [6.45, 7) is 2.44. The van der Waals surface area contributed by atoms with Crippen LogP contribution in [-0.2, 0) is 6.54 Å². The van der Waals surface area contributed by atoms with Gasteiger partial charge in [0.2, 0.25) is 0 Å². The number of piperidine rings is 1. The van der Waals surface area contributed by atoms with Crippen molar-refractivity contribution in [1.29, 1.82) is 0 Å². The minimum absolute atomic E-state index is 0.0734. The van der Waals surface area contributed by atoms with E-state index in [1.165, 1.54) is 11.3 Å². The number of amides is 2. The molecule has 0 unspecified atom stereocenters. The molecule has 1 saturated heterocycles. The molecule has 1 aliphatic heterocycles. The molecule has 0 aliphatic carbocycles. The Balaban J connectivity index is 1.78. The van der Waals surface area contributed by atoms with Crippen LogP contribution in [0.15, 0.2) is 15.9 Å². The SMILES string of the molecule is O=C(NCc1cc(Br)cs1)N1CCCCC1. The normalized spacial score (nSPS) is 16.2. The Labute approximate surface area is 108 Å². The van der Waals surface area contributed by atoms with Crippen molar-refractivity contribution in [3.63, 3.8) is 0 Å². The Kier molecular flexibility index (Phi) is 4.23. The summed E-state index contributed by atoms with van der Waals surface area (Å²) in [7, 11) is 0. The third-order valence-electron chi connectivity index (χ3n) is 2.68. The van der Waals surface area contributed by atoms with E-state index in [9.17, 15) is 4.79 Å². The maximum Gasteiger partial charge on any atom is 0.317 e. The molecule has 2 amide bonds. The van der Waals surface area contributed by atoms with Gasteiger partial charge in [-0.1, -0.05) is 0 Å². The average molecular weight is 303 g/mol. The van der Waals surface area contributed by atoms with Crippen LogP contribution in [0.3, 0.4) is 0 Å². The van der Waals surface area contributed by atoms with Crippen molar-refractivity contribution in [2.45, 2.75) is 25.8 Å². The maximum absolute atomic E-state index is 11.8. The first kappa shape index (κ1) is 11.9. The van der Waals surface area contributed by atoms with Crippen molar-refractivity contribution >= 4 is 33.3 Å². The Morgan fingerprint density at radius 1 is 1.44 bits per heavy atom. The largest absolute Gasteiger partial charge is 0.333 e. The summed E-state index contributed by atoms with van der Waals surface area (Å²) in [5.74, 6) is 0. The molecule has 2 heterocycles. The summed E-state index contributed by atoms with van der Waals surface area (Å²) in [5, 5.41) is 4.99. The Hall–Kier alpha value is -0.550. The number of hydrogen-bond donors (Lipinski definition) is 1. The first-order valence-corrected chi connectivity index (χ1v) is 7.18. The third kappa shape index (κ3) is 3.22. The molecule has 1 aromatic rings. The molecule has 0 bridgehead atoms. The minimum Gasteiger partial charge on any atom is -0.333 e. The molecule has 1 aliphatic rings. The standard InChI is InChI=1S/C11H15BrN2OS/c12-9-6-10(16-8-9)7-13-11(15)14-4-2-1-3-5-14/h6,8H,1-5,7H2,(H,13,15). The molecule has 2 rings (SSSR count). The first-order valence-electron chi connectivity index (χ1n) is 5.51. The summed E-state index contributed by atoms with van der Waals surface area (Å²) in [5.41, 5.74) is 0. The van der Waals surface area contributed by atoms with Crippen LogP contribution in [0, 0.1) is 0 Å². The lowest BCUT2D eigenvalue weighted by Crippen LogP contribution is -2.42. The van der Waals surface area contributed by atoms with Crippen LogP contribution >= 0.6 is 27.3 Å². The topological polar surface area (TPSA) is 32.3 Å². The second-order valence-electron chi connectivity index (χ2n) is 3.94. The van der Waals surface area contributed by atoms with Gasteiger partial charge < -0.3 is 10.2 Å². The zero-order valence-corrected chi connectivity index (χ0v) is 11.4. The highest BCUT2D eigenvalue weighted by Gasteiger charge is 2.15. The second kappa shape index (κ2) is 5.68. The molecule has 5 heteroatoms. The number of nitrogens with zero attached hydrogens (tertiary/aromatic N) is 1. The van der Waals surface area contributed by atoms with Crippen molar-refractivity contribution in [3.05, 3.63) is 20.8 Å². The molecular formula is C11H15BrN2OS. The van der Waals surface area contributed by atoms with Crippen LogP contribution in [-0.4, -0.2) is 24.0 Å². The third-order valence-corrected chi connectivity index (χ3v) is 4.38. The number of nitrogens with one attached hydrogen (secondary N) is 1. The fourth-order valence-electron chi connectivity index (χ4n) is 1.82. The lowest BCUT2D eigenvalue weighted by Gasteiger charge is -2.26. The van der Waals surface area contributed by atoms with Gasteiger partial charge in [0.15, 0.2) is 0 Å². The Bertz CT molecular complexity index is 361. The van der Waals surface area contributed by atoms with E-state index in [0.717, 1.165) is 30.4 Å². The van der Waals surface area contributed by atoms with Gasteiger partial charge in [0.1, 0.15) is 0 Å². The van der Waals surface area contributed by atoms with E-state index in [4.69, 9.17) is 0 Å². The van der Waals surface area contributed by atoms with Gasteiger partial charge >= 0.3 is 6.03 Å². The summed E-state index contributed by atoms with van der Waals surface area (Å²) >= 11 is 5.06. The van der Waals surface area contributed by atoms with E-state index < -0.39 is 0 Å². The van der Waals surface area contributed by atoms with Crippen LogP contribution < -0.4 is 5.32 Å². The van der Waals surface area contributed by atoms with Gasteiger partial charge in [-0.25, -0.2) is 4.79 Å². The molecule has 16 heavy (non-hydrogen) atoms. The van der Waals surface area contributed by atoms with Crippen molar-refractivity contribution < 1.29 is 4.79 Å². The van der Waals surface area contributed by atoms with Gasteiger partial charge in [-0.05, 0) is 41.3 Å². The van der Waals surface area contributed by atoms with Crippen LogP contribution in [0.2, 0.25) is 0 Å². The molecule has 1 N–H and O–H groups in total. The van der Waals surface area contributed by atoms with E-state index in [0.29, 0.717) is 6.54 Å². The summed E-state index contributed by atoms with van der Waals surface area (Å²) in [6.07, 6.45) is 3.53. The molecule has 0 radical (unpaired) electrons. The highest BCUT2D eigenvalue weighted by atomic mass is 79.9. The molecular weight excluding hydrogens is 288 g/mol. The van der Waals surface area contributed by atoms with Crippen molar-refractivity contribution in [2.75, 3.05) is 13.1 Å². The highest BCUT2D eigenvalue weighted by Crippen LogP contribution is 2.19. The van der Waals surface area contributed by atoms with E-state index in [1.54, 1.807) is 11.3 Å². The number of rotatable bonds is 2. The zero-order valence-electron chi connectivity index (χ0n) is 9.04. The fourth-order valence-corrected chi connectivity index (χ4v) is 3.21. The van der Waals surface area contributed by atoms with Gasteiger partial charge in [-0.2, -0.15) is 0 Å². The van der Waals surface area contributed by atoms with Gasteiger partial charge in [0, 0.05) is 27.8 Å². The lowest BCUT2D eigenvalue weighted by molar-refractivity contribution is 0.186. The summed E-state index contributed by atoms with van der Waals surface area (Å²) in [4.78, 5) is 14.9. The smallest absolute Gasteiger partial charge is 0.317 e. The summed E-state index contributed by atoms with van der Waals surface area (Å²) in [6, 6.07) is 2.12. The Morgan fingerprint density at radius 2 is 2.19 bits per heavy atom. The molecule has 88 valence electrons. The number of thiophene rings is 1. The van der Waals surface area contributed by atoms with Gasteiger partial charge in [-0.15, -0.1) is 11.3 Å². The number of halogens is 1. The number of likely N-dealkylation sites (tertiary alicyclic amines) is 1. The van der Waals surface area contributed by atoms with Gasteiger partial charge in [0.05, 0.1) is 6.54 Å². The molecule has 0 saturated carbocycles. The van der Waals surface area contributed by atoms with Crippen molar-refractivity contribution in [3.8, 4) is 0 Å². The zero-order chi connectivity index (χ0) is 11.4. The summed E-state index contributed by atoms with van der Waals surface area (Å²) < 4.78 is 1.08. The molecule has 0 aromatic carbocycles. The van der Waals surface area contributed by atoms with E-state index in [-0.39, 0.29) is 6.03 Å². The number of carbonyl (C=O) groups is 1. The molecule has 0 spiro atoms. The monoisotopic (exact) mass is 302 g/mol. The van der Waals surface area contributed by atoms with Gasteiger partial charge in [0.25, 0.3) is 0 Å². The molecule has 1 aromatic heterocycles. The van der Waals surface area contributed by atoms with Crippen molar-refractivity contribution in [1.82, 2.24) is 10.2 Å².